The second kappa shape index (κ2) is 9.85. The van der Waals surface area contributed by atoms with Gasteiger partial charge in [-0.15, -0.1) is 0 Å². The number of carboxylic acids is 2. The average molecular weight is 483 g/mol. The van der Waals surface area contributed by atoms with E-state index in [4.69, 9.17) is 21.0 Å². The first kappa shape index (κ1) is 23.8. The topological polar surface area (TPSA) is 210 Å². The summed E-state index contributed by atoms with van der Waals surface area (Å²) in [6.45, 7) is 1.82. The van der Waals surface area contributed by atoms with Crippen LogP contribution >= 0.6 is 0 Å². The number of carboxylic acid groups (broad SMARTS) is 2. The fraction of sp³-hybridized carbons (Fsp3) is 0.318. The lowest BCUT2D eigenvalue weighted by molar-refractivity contribution is -0.140. The van der Waals surface area contributed by atoms with Gasteiger partial charge in [-0.3, -0.25) is 14.5 Å². The molecular weight excluding hydrogens is 458 g/mol. The maximum Gasteiger partial charge on any atom is 0.326 e. The van der Waals surface area contributed by atoms with Gasteiger partial charge in [-0.1, -0.05) is 0 Å². The summed E-state index contributed by atoms with van der Waals surface area (Å²) in [6.07, 6.45) is 0.152. The number of nitrogens with zero attached hydrogens (tertiary/aromatic N) is 3. The third-order valence-corrected chi connectivity index (χ3v) is 5.73. The lowest BCUT2D eigenvalue weighted by atomic mass is 10.1. The van der Waals surface area contributed by atoms with Gasteiger partial charge in [0.1, 0.15) is 17.6 Å². The largest absolute Gasteiger partial charge is 0.481 e. The Morgan fingerprint density at radius 3 is 2.57 bits per heavy atom. The minimum atomic E-state index is -1.29. The number of furan rings is 1. The van der Waals surface area contributed by atoms with Gasteiger partial charge in [0.05, 0.1) is 18.6 Å². The number of rotatable bonds is 9. The Labute approximate surface area is 199 Å². The Morgan fingerprint density at radius 2 is 1.89 bits per heavy atom. The SMILES string of the molecule is Nc1nc(N)c2c3c(oc2n1)CN(CNc1ccc(C(=O)N[C@@H](CCC(=O)O)C(=O)O)cc1)CC3. The van der Waals surface area contributed by atoms with Crippen LogP contribution in [0.25, 0.3) is 11.1 Å². The van der Waals surface area contributed by atoms with Crippen molar-refractivity contribution in [1.82, 2.24) is 20.2 Å². The standard InChI is InChI=1S/C22H25N7O6/c23-18-17-13-7-8-29(9-15(13)35-20(17)28-22(24)27-18)10-25-12-3-1-11(2-4-12)19(32)26-14(21(33)34)5-6-16(30)31/h1-4,14,25H,5-10H2,(H,26,32)(H,30,31)(H,33,34)(H4,23,24,27,28)/t14-/m0/s1. The summed E-state index contributed by atoms with van der Waals surface area (Å²) < 4.78 is 5.86. The highest BCUT2D eigenvalue weighted by molar-refractivity contribution is 5.97. The van der Waals surface area contributed by atoms with E-state index in [0.717, 1.165) is 23.6 Å². The van der Waals surface area contributed by atoms with Gasteiger partial charge in [0.25, 0.3) is 5.91 Å². The first-order valence-corrected chi connectivity index (χ1v) is 10.9. The molecule has 0 fully saturated rings. The van der Waals surface area contributed by atoms with Crippen LogP contribution in [-0.2, 0) is 22.6 Å². The molecule has 0 unspecified atom stereocenters. The monoisotopic (exact) mass is 483 g/mol. The number of nitrogens with two attached hydrogens (primary N) is 2. The molecule has 1 aromatic carbocycles. The minimum absolute atomic E-state index is 0.0653. The minimum Gasteiger partial charge on any atom is -0.481 e. The third-order valence-electron chi connectivity index (χ3n) is 5.73. The average Bonchev–Trinajstić information content (AvgIpc) is 3.17. The summed E-state index contributed by atoms with van der Waals surface area (Å²) in [4.78, 5) is 44.6. The predicted molar refractivity (Wildman–Crippen MR) is 125 cm³/mol. The number of carbonyl (C=O) groups is 3. The fourth-order valence-corrected chi connectivity index (χ4v) is 3.94. The fourth-order valence-electron chi connectivity index (χ4n) is 3.94. The second-order valence-corrected chi connectivity index (χ2v) is 8.16. The lowest BCUT2D eigenvalue weighted by Gasteiger charge is -2.26. The molecule has 1 aliphatic rings. The molecule has 1 amide bonds. The molecule has 3 heterocycles. The second-order valence-electron chi connectivity index (χ2n) is 8.16. The molecule has 0 radical (unpaired) electrons. The van der Waals surface area contributed by atoms with Crippen LogP contribution in [0.1, 0.15) is 34.5 Å². The molecule has 1 atom stereocenters. The van der Waals surface area contributed by atoms with Crippen LogP contribution in [0.4, 0.5) is 17.5 Å². The van der Waals surface area contributed by atoms with E-state index in [9.17, 15) is 19.5 Å². The number of fused-ring (bicyclic) bond motifs is 3. The molecule has 184 valence electrons. The maximum absolute atomic E-state index is 12.4. The number of amides is 1. The Balaban J connectivity index is 1.33. The molecule has 1 aliphatic heterocycles. The number of aliphatic carboxylic acids is 2. The number of hydrogen-bond acceptors (Lipinski definition) is 10. The summed E-state index contributed by atoms with van der Waals surface area (Å²) in [5.74, 6) is -1.87. The highest BCUT2D eigenvalue weighted by atomic mass is 16.4. The van der Waals surface area contributed by atoms with E-state index in [2.05, 4.69) is 25.5 Å². The van der Waals surface area contributed by atoms with Gasteiger partial charge in [-0.05, 0) is 37.1 Å². The van der Waals surface area contributed by atoms with E-state index in [-0.39, 0.29) is 24.4 Å². The lowest BCUT2D eigenvalue weighted by Crippen LogP contribution is -2.41. The molecule has 13 heteroatoms. The van der Waals surface area contributed by atoms with E-state index < -0.39 is 23.9 Å². The van der Waals surface area contributed by atoms with Gasteiger partial charge in [-0.2, -0.15) is 9.97 Å². The highest BCUT2D eigenvalue weighted by Crippen LogP contribution is 2.32. The van der Waals surface area contributed by atoms with Crippen molar-refractivity contribution in [1.29, 1.82) is 0 Å². The van der Waals surface area contributed by atoms with Crippen LogP contribution in [-0.4, -0.2) is 62.2 Å². The summed E-state index contributed by atoms with van der Waals surface area (Å²) in [7, 11) is 0. The first-order valence-electron chi connectivity index (χ1n) is 10.9. The van der Waals surface area contributed by atoms with Crippen LogP contribution in [0.15, 0.2) is 28.7 Å². The smallest absolute Gasteiger partial charge is 0.326 e. The highest BCUT2D eigenvalue weighted by Gasteiger charge is 2.25. The maximum atomic E-state index is 12.4. The number of anilines is 3. The van der Waals surface area contributed by atoms with Gasteiger partial charge in [0, 0.05) is 29.8 Å². The molecule has 0 spiro atoms. The van der Waals surface area contributed by atoms with Crippen molar-refractivity contribution < 1.29 is 29.0 Å². The molecule has 13 nitrogen and oxygen atoms in total. The molecule has 0 saturated heterocycles. The van der Waals surface area contributed by atoms with E-state index in [0.29, 0.717) is 36.6 Å². The van der Waals surface area contributed by atoms with Gasteiger partial charge >= 0.3 is 11.9 Å². The zero-order valence-corrected chi connectivity index (χ0v) is 18.7. The number of aromatic nitrogens is 2. The number of nitrogens with one attached hydrogen (secondary N) is 2. The summed E-state index contributed by atoms with van der Waals surface area (Å²) in [5.41, 5.74) is 14.1. The molecular formula is C22H25N7O6. The van der Waals surface area contributed by atoms with Crippen LogP contribution in [0, 0.1) is 0 Å². The van der Waals surface area contributed by atoms with Crippen molar-refractivity contribution in [3.05, 3.63) is 41.2 Å². The van der Waals surface area contributed by atoms with Crippen molar-refractivity contribution in [2.24, 2.45) is 0 Å². The van der Waals surface area contributed by atoms with E-state index in [1.807, 2.05) is 0 Å². The van der Waals surface area contributed by atoms with Crippen molar-refractivity contribution in [2.45, 2.75) is 31.8 Å². The normalized spacial score (nSPS) is 14.3. The number of hydrogen-bond donors (Lipinski definition) is 6. The van der Waals surface area contributed by atoms with Crippen molar-refractivity contribution in [3.63, 3.8) is 0 Å². The Kier molecular flexibility index (Phi) is 6.68. The molecule has 0 aliphatic carbocycles. The van der Waals surface area contributed by atoms with Crippen molar-refractivity contribution in [2.75, 3.05) is 30.0 Å². The Morgan fingerprint density at radius 1 is 1.14 bits per heavy atom. The van der Waals surface area contributed by atoms with E-state index in [1.165, 1.54) is 0 Å². The number of benzene rings is 1. The Hall–Kier alpha value is -4.39. The van der Waals surface area contributed by atoms with Gasteiger partial charge in [-0.25, -0.2) is 4.79 Å². The van der Waals surface area contributed by atoms with E-state index >= 15 is 0 Å². The van der Waals surface area contributed by atoms with E-state index in [1.54, 1.807) is 24.3 Å². The van der Waals surface area contributed by atoms with Crippen LogP contribution < -0.4 is 22.1 Å². The summed E-state index contributed by atoms with van der Waals surface area (Å²) >= 11 is 0. The molecule has 4 rings (SSSR count). The van der Waals surface area contributed by atoms with Gasteiger partial charge in [0.15, 0.2) is 0 Å². The third kappa shape index (κ3) is 5.41. The molecule has 2 aromatic heterocycles. The quantitative estimate of drug-likeness (QED) is 0.250. The van der Waals surface area contributed by atoms with Gasteiger partial charge < -0.3 is 36.7 Å². The molecule has 3 aromatic rings. The first-order chi connectivity index (χ1) is 16.7. The number of carbonyl (C=O) groups excluding carboxylic acids is 1. The van der Waals surface area contributed by atoms with Crippen molar-refractivity contribution >= 4 is 46.4 Å². The summed E-state index contributed by atoms with van der Waals surface area (Å²) in [5, 5.41) is 24.3. The zero-order chi connectivity index (χ0) is 25.1. The zero-order valence-electron chi connectivity index (χ0n) is 18.7. The van der Waals surface area contributed by atoms with Crippen LogP contribution in [0.3, 0.4) is 0 Å². The molecule has 8 N–H and O–H groups in total. The van der Waals surface area contributed by atoms with Crippen LogP contribution in [0.5, 0.6) is 0 Å². The Bertz CT molecular complexity index is 1270. The molecule has 0 bridgehead atoms. The van der Waals surface area contributed by atoms with Gasteiger partial charge in [0.2, 0.25) is 11.7 Å². The number of nitrogen functional groups attached to an aromatic ring is 2. The summed E-state index contributed by atoms with van der Waals surface area (Å²) in [6, 6.07) is 5.26. The molecule has 0 saturated carbocycles. The van der Waals surface area contributed by atoms with Crippen molar-refractivity contribution in [3.8, 4) is 0 Å². The predicted octanol–water partition coefficient (Wildman–Crippen LogP) is 0.863. The molecule has 35 heavy (non-hydrogen) atoms. The van der Waals surface area contributed by atoms with Crippen LogP contribution in [0.2, 0.25) is 0 Å².